The average Bonchev–Trinajstić information content (AvgIpc) is 2.84. The number of pyridine rings is 2. The van der Waals surface area contributed by atoms with Gasteiger partial charge in [0.25, 0.3) is 5.69 Å². The summed E-state index contributed by atoms with van der Waals surface area (Å²) in [4.78, 5) is 24.5. The van der Waals surface area contributed by atoms with Gasteiger partial charge >= 0.3 is 0 Å². The molecule has 0 atom stereocenters. The van der Waals surface area contributed by atoms with Crippen molar-refractivity contribution in [1.82, 2.24) is 9.97 Å². The number of aromatic nitrogens is 2. The van der Waals surface area contributed by atoms with Crippen LogP contribution in [0.25, 0.3) is 22.3 Å². The molecule has 0 radical (unpaired) electrons. The molecule has 0 unspecified atom stereocenters. The normalized spacial score (nSPS) is 14.1. The first-order valence-electron chi connectivity index (χ1n) is 10.2. The standard InChI is InChI=1S/C24H21N5O2/c30-29(31)19-10-8-18(9-11-19)27-13-15-28(16-14-27)24-17-23(22-7-3-4-12-25-22)26-21-6-2-1-5-20(21)24/h1-12,17H,13-16H2. The van der Waals surface area contributed by atoms with Crippen LogP contribution in [0.1, 0.15) is 0 Å². The van der Waals surface area contributed by atoms with Crippen molar-refractivity contribution in [2.45, 2.75) is 0 Å². The number of rotatable bonds is 4. The van der Waals surface area contributed by atoms with Gasteiger partial charge in [-0.2, -0.15) is 0 Å². The van der Waals surface area contributed by atoms with Crippen molar-refractivity contribution >= 4 is 28.0 Å². The summed E-state index contributed by atoms with van der Waals surface area (Å²) in [6, 6.07) is 23.0. The first-order valence-corrected chi connectivity index (χ1v) is 10.2. The van der Waals surface area contributed by atoms with Gasteiger partial charge in [0.05, 0.1) is 21.8 Å². The minimum Gasteiger partial charge on any atom is -0.368 e. The van der Waals surface area contributed by atoms with E-state index in [1.54, 1.807) is 18.3 Å². The summed E-state index contributed by atoms with van der Waals surface area (Å²) in [5.41, 5.74) is 4.98. The Bertz CT molecular complexity index is 1220. The maximum absolute atomic E-state index is 10.9. The number of anilines is 2. The van der Waals surface area contributed by atoms with E-state index in [2.05, 4.69) is 26.9 Å². The van der Waals surface area contributed by atoms with Crippen LogP contribution in [-0.2, 0) is 0 Å². The summed E-state index contributed by atoms with van der Waals surface area (Å²) in [5.74, 6) is 0. The van der Waals surface area contributed by atoms with Gasteiger partial charge in [0.2, 0.25) is 0 Å². The van der Waals surface area contributed by atoms with E-state index in [-0.39, 0.29) is 10.6 Å². The Balaban J connectivity index is 1.42. The molecule has 7 nitrogen and oxygen atoms in total. The maximum atomic E-state index is 10.9. The fourth-order valence-electron chi connectivity index (χ4n) is 4.05. The predicted molar refractivity (Wildman–Crippen MR) is 122 cm³/mol. The minimum absolute atomic E-state index is 0.118. The van der Waals surface area contributed by atoms with Gasteiger partial charge in [-0.1, -0.05) is 24.3 Å². The van der Waals surface area contributed by atoms with Gasteiger partial charge in [0.15, 0.2) is 0 Å². The first-order chi connectivity index (χ1) is 15.2. The molecule has 0 bridgehead atoms. The van der Waals surface area contributed by atoms with E-state index in [1.807, 2.05) is 48.5 Å². The lowest BCUT2D eigenvalue weighted by molar-refractivity contribution is -0.384. The van der Waals surface area contributed by atoms with Gasteiger partial charge in [-0.25, -0.2) is 4.98 Å². The first kappa shape index (κ1) is 19.0. The third kappa shape index (κ3) is 3.77. The van der Waals surface area contributed by atoms with E-state index < -0.39 is 0 Å². The number of benzene rings is 2. The highest BCUT2D eigenvalue weighted by atomic mass is 16.6. The van der Waals surface area contributed by atoms with Crippen LogP contribution in [0.4, 0.5) is 17.1 Å². The number of non-ortho nitro benzene ring substituents is 1. The van der Waals surface area contributed by atoms with Crippen LogP contribution in [0.3, 0.4) is 0 Å². The molecule has 2 aromatic heterocycles. The van der Waals surface area contributed by atoms with Crippen molar-refractivity contribution in [2.24, 2.45) is 0 Å². The number of nitro groups is 1. The lowest BCUT2D eigenvalue weighted by atomic mass is 10.1. The molecule has 2 aromatic carbocycles. The van der Waals surface area contributed by atoms with Crippen LogP contribution in [0.15, 0.2) is 79.0 Å². The highest BCUT2D eigenvalue weighted by Crippen LogP contribution is 2.31. The number of hydrogen-bond acceptors (Lipinski definition) is 6. The monoisotopic (exact) mass is 411 g/mol. The van der Waals surface area contributed by atoms with Crippen molar-refractivity contribution in [3.8, 4) is 11.4 Å². The average molecular weight is 411 g/mol. The topological polar surface area (TPSA) is 75.4 Å². The van der Waals surface area contributed by atoms with Crippen LogP contribution >= 0.6 is 0 Å². The molecule has 31 heavy (non-hydrogen) atoms. The predicted octanol–water partition coefficient (Wildman–Crippen LogP) is 4.53. The van der Waals surface area contributed by atoms with Crippen LogP contribution < -0.4 is 9.80 Å². The van der Waals surface area contributed by atoms with Crippen molar-refractivity contribution in [2.75, 3.05) is 36.0 Å². The molecule has 0 amide bonds. The van der Waals surface area contributed by atoms with Gasteiger partial charge in [-0.05, 0) is 36.4 Å². The summed E-state index contributed by atoms with van der Waals surface area (Å²) >= 11 is 0. The molecule has 154 valence electrons. The largest absolute Gasteiger partial charge is 0.368 e. The van der Waals surface area contributed by atoms with E-state index in [4.69, 9.17) is 4.98 Å². The van der Waals surface area contributed by atoms with E-state index >= 15 is 0 Å². The van der Waals surface area contributed by atoms with E-state index in [0.29, 0.717) is 0 Å². The summed E-state index contributed by atoms with van der Waals surface area (Å²) < 4.78 is 0. The third-order valence-corrected chi connectivity index (χ3v) is 5.67. The molecule has 0 spiro atoms. The number of hydrogen-bond donors (Lipinski definition) is 0. The minimum atomic E-state index is -0.366. The molecular weight excluding hydrogens is 390 g/mol. The van der Waals surface area contributed by atoms with Gasteiger partial charge in [-0.15, -0.1) is 0 Å². The highest BCUT2D eigenvalue weighted by Gasteiger charge is 2.21. The van der Waals surface area contributed by atoms with Gasteiger partial charge in [-0.3, -0.25) is 15.1 Å². The van der Waals surface area contributed by atoms with Crippen molar-refractivity contribution in [1.29, 1.82) is 0 Å². The van der Waals surface area contributed by atoms with Gasteiger partial charge < -0.3 is 9.80 Å². The second-order valence-electron chi connectivity index (χ2n) is 7.51. The molecule has 1 fully saturated rings. The third-order valence-electron chi connectivity index (χ3n) is 5.67. The molecule has 1 saturated heterocycles. The highest BCUT2D eigenvalue weighted by molar-refractivity contribution is 5.94. The molecule has 4 aromatic rings. The second-order valence-corrected chi connectivity index (χ2v) is 7.51. The van der Waals surface area contributed by atoms with Crippen LogP contribution in [0.5, 0.6) is 0 Å². The zero-order chi connectivity index (χ0) is 21.2. The Labute approximate surface area is 179 Å². The molecule has 0 aliphatic carbocycles. The van der Waals surface area contributed by atoms with Gasteiger partial charge in [0.1, 0.15) is 0 Å². The Morgan fingerprint density at radius 1 is 0.806 bits per heavy atom. The molecule has 1 aliphatic rings. The van der Waals surface area contributed by atoms with E-state index in [9.17, 15) is 10.1 Å². The van der Waals surface area contributed by atoms with Crippen LogP contribution in [0, 0.1) is 10.1 Å². The summed E-state index contributed by atoms with van der Waals surface area (Å²) in [6.45, 7) is 3.39. The zero-order valence-corrected chi connectivity index (χ0v) is 16.9. The Hall–Kier alpha value is -4.00. The Morgan fingerprint density at radius 3 is 2.23 bits per heavy atom. The SMILES string of the molecule is O=[N+]([O-])c1ccc(N2CCN(c3cc(-c4ccccn4)nc4ccccc34)CC2)cc1. The fourth-order valence-corrected chi connectivity index (χ4v) is 4.05. The zero-order valence-electron chi connectivity index (χ0n) is 16.9. The second kappa shape index (κ2) is 8.02. The Morgan fingerprint density at radius 2 is 1.52 bits per heavy atom. The summed E-state index contributed by atoms with van der Waals surface area (Å²) in [6.07, 6.45) is 1.79. The molecular formula is C24H21N5O2. The molecule has 0 N–H and O–H groups in total. The van der Waals surface area contributed by atoms with Crippen LogP contribution in [0.2, 0.25) is 0 Å². The Kier molecular flexibility index (Phi) is 4.92. The number of fused-ring (bicyclic) bond motifs is 1. The van der Waals surface area contributed by atoms with Crippen molar-refractivity contribution in [3.63, 3.8) is 0 Å². The van der Waals surface area contributed by atoms with Crippen molar-refractivity contribution in [3.05, 3.63) is 89.1 Å². The molecule has 0 saturated carbocycles. The lowest BCUT2D eigenvalue weighted by Gasteiger charge is -2.38. The van der Waals surface area contributed by atoms with Crippen LogP contribution in [-0.4, -0.2) is 41.1 Å². The summed E-state index contributed by atoms with van der Waals surface area (Å²) in [7, 11) is 0. The van der Waals surface area contributed by atoms with E-state index in [1.165, 1.54) is 0 Å². The lowest BCUT2D eigenvalue weighted by Crippen LogP contribution is -2.46. The number of para-hydroxylation sites is 1. The van der Waals surface area contributed by atoms with Gasteiger partial charge in [0, 0.05) is 61.3 Å². The summed E-state index contributed by atoms with van der Waals surface area (Å²) in [5, 5.41) is 12.0. The fraction of sp³-hybridized carbons (Fsp3) is 0.167. The molecule has 5 rings (SSSR count). The molecule has 1 aliphatic heterocycles. The van der Waals surface area contributed by atoms with Crippen molar-refractivity contribution < 1.29 is 4.92 Å². The number of nitrogens with zero attached hydrogens (tertiary/aromatic N) is 5. The molecule has 7 heteroatoms. The number of nitro benzene ring substituents is 1. The number of piperazine rings is 1. The maximum Gasteiger partial charge on any atom is 0.269 e. The van der Waals surface area contributed by atoms with E-state index in [0.717, 1.165) is 59.8 Å². The smallest absolute Gasteiger partial charge is 0.269 e. The molecule has 3 heterocycles. The quantitative estimate of drug-likeness (QED) is 0.363.